The lowest BCUT2D eigenvalue weighted by atomic mass is 9.88. The van der Waals surface area contributed by atoms with Gasteiger partial charge in [-0.15, -0.1) is 0 Å². The second kappa shape index (κ2) is 9.88. The summed E-state index contributed by atoms with van der Waals surface area (Å²) in [6.07, 6.45) is 9.73. The van der Waals surface area contributed by atoms with E-state index in [0.717, 1.165) is 48.6 Å². The number of pyridine rings is 1. The molecule has 0 spiro atoms. The molecule has 1 fully saturated rings. The molecule has 2 unspecified atom stereocenters. The molecule has 0 radical (unpaired) electrons. The maximum absolute atomic E-state index is 12.3. The van der Waals surface area contributed by atoms with E-state index < -0.39 is 0 Å². The minimum Gasteiger partial charge on any atom is -0.492 e. The van der Waals surface area contributed by atoms with Crippen LogP contribution in [0.25, 0.3) is 5.57 Å². The van der Waals surface area contributed by atoms with Gasteiger partial charge < -0.3 is 15.0 Å². The fourth-order valence-corrected chi connectivity index (χ4v) is 4.78. The molecule has 2 atom stereocenters. The van der Waals surface area contributed by atoms with E-state index in [9.17, 15) is 10.1 Å². The number of hydrazone groups is 1. The molecule has 8 nitrogen and oxygen atoms in total. The number of rotatable bonds is 7. The van der Waals surface area contributed by atoms with E-state index in [-0.39, 0.29) is 23.4 Å². The van der Waals surface area contributed by atoms with E-state index in [1.807, 2.05) is 31.5 Å². The van der Waals surface area contributed by atoms with E-state index >= 15 is 0 Å². The van der Waals surface area contributed by atoms with Crippen LogP contribution in [0.15, 0.2) is 41.5 Å². The zero-order chi connectivity index (χ0) is 24.3. The Kier molecular flexibility index (Phi) is 6.92. The van der Waals surface area contributed by atoms with Crippen molar-refractivity contribution in [3.8, 4) is 6.07 Å². The van der Waals surface area contributed by atoms with Crippen LogP contribution in [-0.4, -0.2) is 53.4 Å². The van der Waals surface area contributed by atoms with Gasteiger partial charge in [0, 0.05) is 37.5 Å². The quantitative estimate of drug-likeness (QED) is 0.664. The Morgan fingerprint density at radius 1 is 1.35 bits per heavy atom. The van der Waals surface area contributed by atoms with Crippen molar-refractivity contribution in [1.29, 1.82) is 5.26 Å². The zero-order valence-corrected chi connectivity index (χ0v) is 20.5. The van der Waals surface area contributed by atoms with E-state index in [1.54, 1.807) is 11.2 Å². The number of aromatic nitrogens is 1. The van der Waals surface area contributed by atoms with E-state index in [1.165, 1.54) is 0 Å². The highest BCUT2D eigenvalue weighted by molar-refractivity contribution is 5.81. The number of carbonyl (C=O) groups excluding carboxylic acids is 1. The molecule has 1 amide bonds. The number of hydrogen-bond acceptors (Lipinski definition) is 7. The number of nitrogens with zero attached hydrogens (tertiary/aromatic N) is 5. The number of carbonyl (C=O) groups is 1. The number of nitriles is 1. The van der Waals surface area contributed by atoms with Crippen LogP contribution in [0.1, 0.15) is 52.5 Å². The van der Waals surface area contributed by atoms with Gasteiger partial charge in [0.05, 0.1) is 24.9 Å². The summed E-state index contributed by atoms with van der Waals surface area (Å²) >= 11 is 0. The molecule has 1 N–H and O–H groups in total. The topological polar surface area (TPSA) is 93.9 Å². The predicted octanol–water partition coefficient (Wildman–Crippen LogP) is 3.69. The Hall–Kier alpha value is -3.34. The number of hydrogen-bond donors (Lipinski definition) is 1. The van der Waals surface area contributed by atoms with Gasteiger partial charge in [-0.1, -0.05) is 13.8 Å². The number of piperidine rings is 1. The molecule has 3 aliphatic rings. The molecule has 4 rings (SSSR count). The highest BCUT2D eigenvalue weighted by Crippen LogP contribution is 2.36. The molecule has 1 saturated heterocycles. The van der Waals surface area contributed by atoms with E-state index in [4.69, 9.17) is 9.72 Å². The molecule has 0 aliphatic carbocycles. The third-order valence-corrected chi connectivity index (χ3v) is 6.63. The number of allylic oxidation sites excluding steroid dienone is 1. The second-order valence-corrected chi connectivity index (χ2v) is 9.91. The number of nitrogens with one attached hydrogen (secondary N) is 1. The van der Waals surface area contributed by atoms with Gasteiger partial charge in [0.1, 0.15) is 17.5 Å². The molecule has 0 saturated carbocycles. The molecule has 34 heavy (non-hydrogen) atoms. The van der Waals surface area contributed by atoms with Gasteiger partial charge in [-0.05, 0) is 62.0 Å². The first-order valence-corrected chi connectivity index (χ1v) is 12.1. The minimum absolute atomic E-state index is 0.135. The first-order valence-electron chi connectivity index (χ1n) is 12.1. The Labute approximate surface area is 202 Å². The monoisotopic (exact) mass is 462 g/mol. The smallest absolute Gasteiger partial charge is 0.220 e. The van der Waals surface area contributed by atoms with Crippen LogP contribution in [0, 0.1) is 23.2 Å². The predicted molar refractivity (Wildman–Crippen MR) is 133 cm³/mol. The third-order valence-electron chi connectivity index (χ3n) is 6.63. The summed E-state index contributed by atoms with van der Waals surface area (Å²) in [5.41, 5.74) is 1.76. The molecule has 3 aliphatic heterocycles. The fraction of sp³-hybridized carbons (Fsp3) is 0.538. The van der Waals surface area contributed by atoms with Crippen molar-refractivity contribution in [2.75, 3.05) is 24.6 Å². The average molecular weight is 463 g/mol. The van der Waals surface area contributed by atoms with Crippen molar-refractivity contribution < 1.29 is 9.53 Å². The summed E-state index contributed by atoms with van der Waals surface area (Å²) in [6.45, 7) is 10.4. The average Bonchev–Trinajstić information content (AvgIpc) is 3.22. The van der Waals surface area contributed by atoms with Crippen LogP contribution >= 0.6 is 0 Å². The van der Waals surface area contributed by atoms with Gasteiger partial charge in [0.25, 0.3) is 0 Å². The molecule has 1 aromatic heterocycles. The lowest BCUT2D eigenvalue weighted by Gasteiger charge is -2.40. The van der Waals surface area contributed by atoms with E-state index in [0.29, 0.717) is 18.9 Å². The first kappa shape index (κ1) is 23.8. The van der Waals surface area contributed by atoms with Gasteiger partial charge in [0.15, 0.2) is 0 Å². The molecule has 1 aromatic rings. The molecular weight excluding hydrogens is 428 g/mol. The Bertz CT molecular complexity index is 1030. The molecule has 4 heterocycles. The van der Waals surface area contributed by atoms with Gasteiger partial charge in [-0.25, -0.2) is 4.98 Å². The summed E-state index contributed by atoms with van der Waals surface area (Å²) in [6, 6.07) is 6.27. The number of amides is 1. The van der Waals surface area contributed by atoms with Crippen molar-refractivity contribution in [3.63, 3.8) is 0 Å². The maximum atomic E-state index is 12.3. The number of fused-ring (bicyclic) bond motifs is 1. The first-order chi connectivity index (χ1) is 16.3. The van der Waals surface area contributed by atoms with Crippen molar-refractivity contribution in [1.82, 2.24) is 15.3 Å². The lowest BCUT2D eigenvalue weighted by molar-refractivity contribution is -0.123. The van der Waals surface area contributed by atoms with Crippen LogP contribution in [0.5, 0.6) is 0 Å². The summed E-state index contributed by atoms with van der Waals surface area (Å²) < 4.78 is 5.73. The maximum Gasteiger partial charge on any atom is 0.220 e. The Morgan fingerprint density at radius 3 is 2.74 bits per heavy atom. The van der Waals surface area contributed by atoms with Crippen LogP contribution in [0.2, 0.25) is 0 Å². The molecule has 8 heteroatoms. The van der Waals surface area contributed by atoms with Crippen LogP contribution in [0.4, 0.5) is 5.82 Å². The van der Waals surface area contributed by atoms with Crippen LogP contribution < -0.4 is 10.2 Å². The summed E-state index contributed by atoms with van der Waals surface area (Å²) in [4.78, 5) is 19.3. The standard InChI is InChI=1S/C26H34N6O2/c1-5-34-21-13-22(25-20(14-27)16-29-32(25)17-21)19-6-7-23(28-15-19)31-10-8-26(4,9-11-31)30-24(33)12-18(2)3/h6-7,13,15-18,20,25H,5,8-12H2,1-4H3,(H,30,33). The highest BCUT2D eigenvalue weighted by Gasteiger charge is 2.37. The van der Waals surface area contributed by atoms with Gasteiger partial charge in [0.2, 0.25) is 5.91 Å². The van der Waals surface area contributed by atoms with Gasteiger partial charge >= 0.3 is 0 Å². The SMILES string of the molecule is CCOC1=CN2N=CC(C#N)C2C(c2ccc(N3CCC(C)(NC(=O)CC(C)C)CC3)nc2)=C1. The number of anilines is 1. The normalized spacial score (nSPS) is 23.2. The molecule has 0 aromatic carbocycles. The largest absolute Gasteiger partial charge is 0.492 e. The van der Waals surface area contributed by atoms with Gasteiger partial charge in [-0.2, -0.15) is 10.4 Å². The fourth-order valence-electron chi connectivity index (χ4n) is 4.78. The lowest BCUT2D eigenvalue weighted by Crippen LogP contribution is -2.53. The third kappa shape index (κ3) is 5.09. The van der Waals surface area contributed by atoms with E-state index in [2.05, 4.69) is 48.2 Å². The zero-order valence-electron chi connectivity index (χ0n) is 20.5. The van der Waals surface area contributed by atoms with Crippen molar-refractivity contribution >= 4 is 23.5 Å². The van der Waals surface area contributed by atoms with Crippen molar-refractivity contribution in [2.24, 2.45) is 16.9 Å². The molecule has 0 bridgehead atoms. The minimum atomic E-state index is -0.323. The summed E-state index contributed by atoms with van der Waals surface area (Å²) in [7, 11) is 0. The summed E-state index contributed by atoms with van der Waals surface area (Å²) in [5, 5.41) is 19.0. The molecular formula is C26H34N6O2. The van der Waals surface area contributed by atoms with Crippen LogP contribution in [0.3, 0.4) is 0 Å². The Balaban J connectivity index is 1.45. The highest BCUT2D eigenvalue weighted by atomic mass is 16.5. The van der Waals surface area contributed by atoms with Crippen molar-refractivity contribution in [3.05, 3.63) is 41.9 Å². The second-order valence-electron chi connectivity index (χ2n) is 9.91. The van der Waals surface area contributed by atoms with Gasteiger partial charge in [-0.3, -0.25) is 9.80 Å². The number of ether oxygens (including phenoxy) is 1. The Morgan fingerprint density at radius 2 is 2.12 bits per heavy atom. The van der Waals surface area contributed by atoms with Crippen molar-refractivity contribution in [2.45, 2.75) is 58.5 Å². The summed E-state index contributed by atoms with van der Waals surface area (Å²) in [5.74, 6) is 1.82. The van der Waals surface area contributed by atoms with Crippen LogP contribution in [-0.2, 0) is 9.53 Å². The molecule has 180 valence electrons.